The first-order valence-electron chi connectivity index (χ1n) is 6.20. The van der Waals surface area contributed by atoms with Gasteiger partial charge in [0, 0.05) is 10.6 Å². The summed E-state index contributed by atoms with van der Waals surface area (Å²) in [6.45, 7) is 0. The Hall–Kier alpha value is -2.36. The Morgan fingerprint density at radius 1 is 1.18 bits per heavy atom. The zero-order valence-electron chi connectivity index (χ0n) is 11.3. The van der Waals surface area contributed by atoms with Crippen LogP contribution in [0.2, 0.25) is 5.02 Å². The lowest BCUT2D eigenvalue weighted by atomic mass is 10.1. The quantitative estimate of drug-likeness (QED) is 0.930. The molecule has 0 bridgehead atoms. The van der Waals surface area contributed by atoms with Crippen molar-refractivity contribution in [3.8, 4) is 6.07 Å². The zero-order chi connectivity index (χ0) is 16.2. The Bertz CT molecular complexity index is 857. The van der Waals surface area contributed by atoms with Crippen LogP contribution in [0, 0.1) is 11.3 Å². The lowest BCUT2D eigenvalue weighted by Gasteiger charge is -2.08. The van der Waals surface area contributed by atoms with E-state index in [1.807, 2.05) is 10.8 Å². The summed E-state index contributed by atoms with van der Waals surface area (Å²) in [5.41, 5.74) is 0.771. The van der Waals surface area contributed by atoms with Crippen molar-refractivity contribution in [1.82, 2.24) is 4.72 Å². The minimum absolute atomic E-state index is 0.0989. The van der Waals surface area contributed by atoms with Crippen LogP contribution in [0.5, 0.6) is 0 Å². The highest BCUT2D eigenvalue weighted by molar-refractivity contribution is 7.89. The first-order chi connectivity index (χ1) is 10.4. The lowest BCUT2D eigenvalue weighted by molar-refractivity contribution is 0.0981. The van der Waals surface area contributed by atoms with Crippen LogP contribution in [-0.4, -0.2) is 14.3 Å². The molecule has 5 nitrogen and oxygen atoms in total. The highest BCUT2D eigenvalue weighted by Gasteiger charge is 2.18. The summed E-state index contributed by atoms with van der Waals surface area (Å²) in [5, 5.41) is 9.10. The maximum Gasteiger partial charge on any atom is 0.264 e. The van der Waals surface area contributed by atoms with E-state index >= 15 is 0 Å². The van der Waals surface area contributed by atoms with Gasteiger partial charge in [-0.3, -0.25) is 4.79 Å². The number of carbonyl (C=O) groups is 1. The number of nitriles is 1. The number of halogens is 1. The Balaban J connectivity index is 2.16. The van der Waals surface area contributed by atoms with Gasteiger partial charge in [0.2, 0.25) is 10.0 Å². The average molecular weight is 335 g/mol. The van der Waals surface area contributed by atoms with Gasteiger partial charge in [0.1, 0.15) is 0 Å². The Morgan fingerprint density at radius 2 is 1.91 bits per heavy atom. The van der Waals surface area contributed by atoms with Gasteiger partial charge in [-0.05, 0) is 29.8 Å². The van der Waals surface area contributed by atoms with Crippen LogP contribution in [0.1, 0.15) is 21.5 Å². The molecule has 2 aromatic rings. The third-order valence-corrected chi connectivity index (χ3v) is 4.36. The highest BCUT2D eigenvalue weighted by Crippen LogP contribution is 2.17. The Morgan fingerprint density at radius 3 is 2.59 bits per heavy atom. The Kier molecular flexibility index (Phi) is 4.81. The van der Waals surface area contributed by atoms with Crippen LogP contribution in [0.3, 0.4) is 0 Å². The number of nitrogens with one attached hydrogen (secondary N) is 1. The number of hydrogen-bond acceptors (Lipinski definition) is 4. The summed E-state index contributed by atoms with van der Waals surface area (Å²) in [4.78, 5) is 12.0. The second-order valence-electron chi connectivity index (χ2n) is 4.47. The molecule has 0 aliphatic rings. The van der Waals surface area contributed by atoms with E-state index < -0.39 is 21.7 Å². The number of sulfonamides is 1. The van der Waals surface area contributed by atoms with E-state index in [0.29, 0.717) is 10.6 Å². The number of carbonyl (C=O) groups excluding carboxylic acids is 1. The molecule has 1 N–H and O–H groups in total. The molecule has 2 rings (SSSR count). The van der Waals surface area contributed by atoms with Gasteiger partial charge in [-0.25, -0.2) is 13.1 Å². The molecule has 22 heavy (non-hydrogen) atoms. The van der Waals surface area contributed by atoms with Gasteiger partial charge in [0.15, 0.2) is 0 Å². The SMILES string of the molecule is N#Cc1cccc(C(=O)NS(=O)(=O)Cc2ccccc2Cl)c1. The summed E-state index contributed by atoms with van der Waals surface area (Å²) in [6.07, 6.45) is 0. The monoisotopic (exact) mass is 334 g/mol. The van der Waals surface area contributed by atoms with Gasteiger partial charge in [-0.2, -0.15) is 5.26 Å². The molecule has 0 heterocycles. The van der Waals surface area contributed by atoms with E-state index in [4.69, 9.17) is 16.9 Å². The summed E-state index contributed by atoms with van der Waals surface area (Å²) in [5.74, 6) is -1.19. The fraction of sp³-hybridized carbons (Fsp3) is 0.0667. The third-order valence-electron chi connectivity index (χ3n) is 2.81. The van der Waals surface area contributed by atoms with Crippen LogP contribution < -0.4 is 4.72 Å². The van der Waals surface area contributed by atoms with Crippen LogP contribution in [0.15, 0.2) is 48.5 Å². The second-order valence-corrected chi connectivity index (χ2v) is 6.60. The predicted molar refractivity (Wildman–Crippen MR) is 82.7 cm³/mol. The highest BCUT2D eigenvalue weighted by atomic mass is 35.5. The van der Waals surface area contributed by atoms with E-state index in [1.54, 1.807) is 24.3 Å². The number of rotatable bonds is 4. The van der Waals surface area contributed by atoms with Crippen molar-refractivity contribution in [1.29, 1.82) is 5.26 Å². The molecule has 0 aromatic heterocycles. The molecule has 1 amide bonds. The summed E-state index contributed by atoms with van der Waals surface area (Å²) >= 11 is 5.91. The minimum atomic E-state index is -3.89. The normalized spacial score (nSPS) is 10.7. The molecule has 0 radical (unpaired) electrons. The van der Waals surface area contributed by atoms with E-state index in [-0.39, 0.29) is 11.1 Å². The van der Waals surface area contributed by atoms with Crippen LogP contribution in [0.4, 0.5) is 0 Å². The molecule has 0 aliphatic heterocycles. The first-order valence-corrected chi connectivity index (χ1v) is 8.23. The van der Waals surface area contributed by atoms with Crippen molar-refractivity contribution in [2.45, 2.75) is 5.75 Å². The van der Waals surface area contributed by atoms with Crippen molar-refractivity contribution < 1.29 is 13.2 Å². The van der Waals surface area contributed by atoms with Gasteiger partial charge >= 0.3 is 0 Å². The van der Waals surface area contributed by atoms with Gasteiger partial charge in [-0.1, -0.05) is 35.9 Å². The van der Waals surface area contributed by atoms with Gasteiger partial charge in [0.05, 0.1) is 17.4 Å². The van der Waals surface area contributed by atoms with E-state index in [9.17, 15) is 13.2 Å². The maximum absolute atomic E-state index is 12.0. The number of benzene rings is 2. The molecule has 112 valence electrons. The molecule has 0 fully saturated rings. The summed E-state index contributed by atoms with van der Waals surface area (Å²) in [7, 11) is -3.89. The predicted octanol–water partition coefficient (Wildman–Crippen LogP) is 2.47. The molecule has 0 aliphatic carbocycles. The van der Waals surface area contributed by atoms with Gasteiger partial charge < -0.3 is 0 Å². The molecule has 0 atom stereocenters. The van der Waals surface area contributed by atoms with Crippen LogP contribution >= 0.6 is 11.6 Å². The van der Waals surface area contributed by atoms with Crippen molar-refractivity contribution in [2.24, 2.45) is 0 Å². The molecule has 0 spiro atoms. The van der Waals surface area contributed by atoms with Crippen molar-refractivity contribution in [3.05, 3.63) is 70.2 Å². The number of amides is 1. The second kappa shape index (κ2) is 6.60. The lowest BCUT2D eigenvalue weighted by Crippen LogP contribution is -2.31. The molecule has 0 saturated carbocycles. The standard InChI is InChI=1S/C15H11ClN2O3S/c16-14-7-2-1-5-13(14)10-22(20,21)18-15(19)12-6-3-4-11(8-12)9-17/h1-8H,10H2,(H,18,19). The largest absolute Gasteiger partial charge is 0.268 e. The molecule has 7 heteroatoms. The molecule has 0 saturated heterocycles. The number of nitrogens with zero attached hydrogens (tertiary/aromatic N) is 1. The van der Waals surface area contributed by atoms with E-state index in [1.165, 1.54) is 24.3 Å². The molecule has 0 unspecified atom stereocenters. The average Bonchev–Trinajstić information content (AvgIpc) is 2.49. The van der Waals surface area contributed by atoms with Crippen molar-refractivity contribution in [3.63, 3.8) is 0 Å². The molecule has 2 aromatic carbocycles. The summed E-state index contributed by atoms with van der Waals surface area (Å²) in [6, 6.07) is 14.2. The van der Waals surface area contributed by atoms with Gasteiger partial charge in [-0.15, -0.1) is 0 Å². The Labute approximate surface area is 133 Å². The molecular weight excluding hydrogens is 324 g/mol. The summed E-state index contributed by atoms with van der Waals surface area (Å²) < 4.78 is 26.0. The van der Waals surface area contributed by atoms with Crippen LogP contribution in [0.25, 0.3) is 0 Å². The molecular formula is C15H11ClN2O3S. The van der Waals surface area contributed by atoms with E-state index in [0.717, 1.165) is 0 Å². The first kappa shape index (κ1) is 16.0. The smallest absolute Gasteiger partial charge is 0.264 e. The van der Waals surface area contributed by atoms with Crippen LogP contribution in [-0.2, 0) is 15.8 Å². The third kappa shape index (κ3) is 4.07. The topological polar surface area (TPSA) is 87.0 Å². The fourth-order valence-corrected chi connectivity index (χ4v) is 3.20. The van der Waals surface area contributed by atoms with Crippen molar-refractivity contribution >= 4 is 27.5 Å². The number of hydrogen-bond donors (Lipinski definition) is 1. The van der Waals surface area contributed by atoms with E-state index in [2.05, 4.69) is 0 Å². The maximum atomic E-state index is 12.0. The fourth-order valence-electron chi connectivity index (χ4n) is 1.79. The van der Waals surface area contributed by atoms with Crippen molar-refractivity contribution in [2.75, 3.05) is 0 Å². The van der Waals surface area contributed by atoms with Gasteiger partial charge in [0.25, 0.3) is 5.91 Å². The minimum Gasteiger partial charge on any atom is -0.268 e. The zero-order valence-corrected chi connectivity index (χ0v) is 12.9.